The Bertz CT molecular complexity index is 801. The molecule has 3 rings (SSSR count). The lowest BCUT2D eigenvalue weighted by Crippen LogP contribution is -2.19. The van der Waals surface area contributed by atoms with Gasteiger partial charge in [-0.15, -0.1) is 11.3 Å². The van der Waals surface area contributed by atoms with Crippen molar-refractivity contribution in [2.24, 2.45) is 5.10 Å². The fraction of sp³-hybridized carbons (Fsp3) is 0.125. The SMILES string of the molecule is Cc1ccsc1C=NNC(=O)Cc1c[nH]c2ccccc12. The zero-order chi connectivity index (χ0) is 14.7. The number of rotatable bonds is 4. The minimum Gasteiger partial charge on any atom is -0.361 e. The van der Waals surface area contributed by atoms with E-state index in [-0.39, 0.29) is 5.91 Å². The second-order valence-corrected chi connectivity index (χ2v) is 5.75. The van der Waals surface area contributed by atoms with Crippen LogP contribution >= 0.6 is 11.3 Å². The van der Waals surface area contributed by atoms with Gasteiger partial charge in [0.25, 0.3) is 0 Å². The average Bonchev–Trinajstić information content (AvgIpc) is 3.07. The van der Waals surface area contributed by atoms with E-state index in [0.29, 0.717) is 6.42 Å². The van der Waals surface area contributed by atoms with E-state index in [1.165, 1.54) is 0 Å². The molecule has 0 aliphatic heterocycles. The number of hydrogen-bond acceptors (Lipinski definition) is 3. The van der Waals surface area contributed by atoms with Crippen LogP contribution < -0.4 is 5.43 Å². The molecule has 2 aromatic heterocycles. The molecule has 3 aromatic rings. The van der Waals surface area contributed by atoms with E-state index in [4.69, 9.17) is 0 Å². The maximum atomic E-state index is 11.9. The normalized spacial score (nSPS) is 11.3. The van der Waals surface area contributed by atoms with Crippen LogP contribution in [0.2, 0.25) is 0 Å². The van der Waals surface area contributed by atoms with E-state index >= 15 is 0 Å². The first kappa shape index (κ1) is 13.6. The Morgan fingerprint density at radius 1 is 1.38 bits per heavy atom. The maximum absolute atomic E-state index is 11.9. The molecule has 0 fully saturated rings. The molecule has 0 radical (unpaired) electrons. The molecule has 1 amide bonds. The monoisotopic (exact) mass is 297 g/mol. The van der Waals surface area contributed by atoms with Crippen molar-refractivity contribution >= 4 is 34.4 Å². The van der Waals surface area contributed by atoms with Crippen molar-refractivity contribution in [3.63, 3.8) is 0 Å². The van der Waals surface area contributed by atoms with Gasteiger partial charge in [0.05, 0.1) is 12.6 Å². The molecule has 4 nitrogen and oxygen atoms in total. The Hall–Kier alpha value is -2.40. The summed E-state index contributed by atoms with van der Waals surface area (Å²) in [6.45, 7) is 2.02. The number of H-pyrrole nitrogens is 1. The average molecular weight is 297 g/mol. The molecule has 0 bridgehead atoms. The van der Waals surface area contributed by atoms with Gasteiger partial charge in [-0.05, 0) is 35.6 Å². The lowest BCUT2D eigenvalue weighted by atomic mass is 10.1. The molecule has 0 unspecified atom stereocenters. The number of nitrogens with zero attached hydrogens (tertiary/aromatic N) is 1. The first-order valence-electron chi connectivity index (χ1n) is 6.65. The zero-order valence-corrected chi connectivity index (χ0v) is 12.4. The van der Waals surface area contributed by atoms with Gasteiger partial charge in [0.2, 0.25) is 5.91 Å². The number of hydrazone groups is 1. The smallest absolute Gasteiger partial charge is 0.244 e. The number of aryl methyl sites for hydroxylation is 1. The molecule has 0 spiro atoms. The van der Waals surface area contributed by atoms with Crippen molar-refractivity contribution in [1.29, 1.82) is 0 Å². The number of nitrogens with one attached hydrogen (secondary N) is 2. The number of amides is 1. The molecule has 0 aliphatic rings. The van der Waals surface area contributed by atoms with Gasteiger partial charge in [0.1, 0.15) is 0 Å². The molecular formula is C16H15N3OS. The largest absolute Gasteiger partial charge is 0.361 e. The second-order valence-electron chi connectivity index (χ2n) is 4.80. The summed E-state index contributed by atoms with van der Waals surface area (Å²) in [6.07, 6.45) is 3.87. The Kier molecular flexibility index (Phi) is 3.83. The van der Waals surface area contributed by atoms with Gasteiger partial charge in [0.15, 0.2) is 0 Å². The third-order valence-electron chi connectivity index (χ3n) is 3.30. The quantitative estimate of drug-likeness (QED) is 0.564. The Morgan fingerprint density at radius 2 is 2.24 bits per heavy atom. The van der Waals surface area contributed by atoms with Crippen molar-refractivity contribution in [2.45, 2.75) is 13.3 Å². The molecule has 0 aliphatic carbocycles. The highest BCUT2D eigenvalue weighted by atomic mass is 32.1. The third kappa shape index (κ3) is 3.03. The van der Waals surface area contributed by atoms with Gasteiger partial charge < -0.3 is 4.98 Å². The van der Waals surface area contributed by atoms with Crippen LogP contribution in [0.5, 0.6) is 0 Å². The van der Waals surface area contributed by atoms with Crippen LogP contribution in [0.15, 0.2) is 47.0 Å². The predicted octanol–water partition coefficient (Wildman–Crippen LogP) is 3.23. The molecule has 2 heterocycles. The van der Waals surface area contributed by atoms with Crippen LogP contribution in [0.1, 0.15) is 16.0 Å². The number of benzene rings is 1. The van der Waals surface area contributed by atoms with E-state index in [2.05, 4.69) is 15.5 Å². The Morgan fingerprint density at radius 3 is 3.05 bits per heavy atom. The fourth-order valence-electron chi connectivity index (χ4n) is 2.17. The number of carbonyl (C=O) groups excluding carboxylic acids is 1. The highest BCUT2D eigenvalue weighted by molar-refractivity contribution is 7.11. The first-order valence-corrected chi connectivity index (χ1v) is 7.53. The minimum atomic E-state index is -0.120. The van der Waals surface area contributed by atoms with Crippen LogP contribution in [0.25, 0.3) is 10.9 Å². The predicted molar refractivity (Wildman–Crippen MR) is 86.8 cm³/mol. The number of fused-ring (bicyclic) bond motifs is 1. The van der Waals surface area contributed by atoms with E-state index in [0.717, 1.165) is 26.9 Å². The summed E-state index contributed by atoms with van der Waals surface area (Å²) < 4.78 is 0. The third-order valence-corrected chi connectivity index (χ3v) is 4.25. The van der Waals surface area contributed by atoms with Gasteiger partial charge in [-0.2, -0.15) is 5.10 Å². The van der Waals surface area contributed by atoms with Gasteiger partial charge in [-0.25, -0.2) is 5.43 Å². The van der Waals surface area contributed by atoms with Gasteiger partial charge in [0, 0.05) is 22.0 Å². The van der Waals surface area contributed by atoms with Crippen LogP contribution in [-0.4, -0.2) is 17.1 Å². The van der Waals surface area contributed by atoms with Crippen LogP contribution in [0.4, 0.5) is 0 Å². The highest BCUT2D eigenvalue weighted by Gasteiger charge is 2.07. The van der Waals surface area contributed by atoms with Crippen molar-refractivity contribution in [3.05, 3.63) is 57.9 Å². The van der Waals surface area contributed by atoms with Crippen molar-refractivity contribution in [1.82, 2.24) is 10.4 Å². The molecule has 0 atom stereocenters. The number of thiophene rings is 1. The zero-order valence-electron chi connectivity index (χ0n) is 11.6. The van der Waals surface area contributed by atoms with Gasteiger partial charge >= 0.3 is 0 Å². The summed E-state index contributed by atoms with van der Waals surface area (Å²) in [6, 6.07) is 9.96. The standard InChI is InChI=1S/C16H15N3OS/c1-11-6-7-21-15(11)10-18-19-16(20)8-12-9-17-14-5-3-2-4-13(12)14/h2-7,9-10,17H,8H2,1H3,(H,19,20). The summed E-state index contributed by atoms with van der Waals surface area (Å²) in [4.78, 5) is 16.2. The molecule has 0 saturated heterocycles. The van der Waals surface area contributed by atoms with Gasteiger partial charge in [-0.1, -0.05) is 18.2 Å². The van der Waals surface area contributed by atoms with Crippen molar-refractivity contribution in [2.75, 3.05) is 0 Å². The summed E-state index contributed by atoms with van der Waals surface area (Å²) in [5.41, 5.74) is 5.75. The molecule has 2 N–H and O–H groups in total. The Balaban J connectivity index is 1.64. The molecule has 1 aromatic carbocycles. The van der Waals surface area contributed by atoms with Crippen molar-refractivity contribution in [3.8, 4) is 0 Å². The van der Waals surface area contributed by atoms with Crippen LogP contribution in [0, 0.1) is 6.92 Å². The molecular weight excluding hydrogens is 282 g/mol. The minimum absolute atomic E-state index is 0.120. The molecule has 0 saturated carbocycles. The van der Waals surface area contributed by atoms with E-state index in [1.807, 2.05) is 48.8 Å². The molecule has 21 heavy (non-hydrogen) atoms. The van der Waals surface area contributed by atoms with E-state index in [9.17, 15) is 4.79 Å². The van der Waals surface area contributed by atoms with E-state index in [1.54, 1.807) is 17.6 Å². The maximum Gasteiger partial charge on any atom is 0.244 e. The number of para-hydroxylation sites is 1. The second kappa shape index (κ2) is 5.93. The molecule has 5 heteroatoms. The topological polar surface area (TPSA) is 57.2 Å². The van der Waals surface area contributed by atoms with Gasteiger partial charge in [-0.3, -0.25) is 4.79 Å². The highest BCUT2D eigenvalue weighted by Crippen LogP contribution is 2.18. The Labute approximate surface area is 126 Å². The molecule has 106 valence electrons. The summed E-state index contributed by atoms with van der Waals surface area (Å²) in [5, 5.41) is 7.09. The fourth-order valence-corrected chi connectivity index (χ4v) is 2.96. The lowest BCUT2D eigenvalue weighted by Gasteiger charge is -1.99. The number of aromatic nitrogens is 1. The summed E-state index contributed by atoms with van der Waals surface area (Å²) >= 11 is 1.60. The van der Waals surface area contributed by atoms with Crippen molar-refractivity contribution < 1.29 is 4.79 Å². The number of carbonyl (C=O) groups is 1. The summed E-state index contributed by atoms with van der Waals surface area (Å²) in [5.74, 6) is -0.120. The number of aromatic amines is 1. The number of hydrogen-bond donors (Lipinski definition) is 2. The lowest BCUT2D eigenvalue weighted by molar-refractivity contribution is -0.120. The first-order chi connectivity index (χ1) is 10.2. The van der Waals surface area contributed by atoms with Crippen LogP contribution in [-0.2, 0) is 11.2 Å². The van der Waals surface area contributed by atoms with Crippen LogP contribution in [0.3, 0.4) is 0 Å². The van der Waals surface area contributed by atoms with E-state index < -0.39 is 0 Å². The summed E-state index contributed by atoms with van der Waals surface area (Å²) in [7, 11) is 0.